The third kappa shape index (κ3) is 25.2. The molecule has 0 saturated carbocycles. The predicted octanol–water partition coefficient (Wildman–Crippen LogP) is -4.01. The van der Waals surface area contributed by atoms with E-state index in [-0.39, 0.29) is 51.6 Å². The van der Waals surface area contributed by atoms with Crippen LogP contribution in [0.1, 0.15) is 145 Å². The highest BCUT2D eigenvalue weighted by molar-refractivity contribution is 6.01. The normalized spacial score (nSPS) is 25.3. The summed E-state index contributed by atoms with van der Waals surface area (Å²) in [5, 5.41) is 52.5. The molecular weight excluding hydrogens is 1200 g/mol. The first-order valence-electron chi connectivity index (χ1n) is 30.7. The van der Waals surface area contributed by atoms with Crippen LogP contribution in [-0.4, -0.2) is 212 Å². The fourth-order valence-corrected chi connectivity index (χ4v) is 10.4. The number of amides is 13. The molecule has 33 heteroatoms. The van der Waals surface area contributed by atoms with Gasteiger partial charge in [0.05, 0.1) is 44.3 Å². The van der Waals surface area contributed by atoms with Crippen molar-refractivity contribution >= 4 is 94.7 Å². The first-order chi connectivity index (χ1) is 42.7. The number of nitrogens with zero attached hydrogens (tertiary/aromatic N) is 2. The van der Waals surface area contributed by atoms with E-state index in [1.54, 1.807) is 26.0 Å². The van der Waals surface area contributed by atoms with Crippen LogP contribution in [0.15, 0.2) is 12.2 Å². The zero-order valence-electron chi connectivity index (χ0n) is 52.6. The number of piperidine rings is 1. The maximum atomic E-state index is 15.2. The van der Waals surface area contributed by atoms with Crippen LogP contribution in [0.2, 0.25) is 0 Å². The molecule has 508 valence electrons. The highest BCUT2D eigenvalue weighted by atomic mass is 16.4. The molecule has 0 aliphatic carbocycles. The van der Waals surface area contributed by atoms with E-state index in [4.69, 9.17) is 11.5 Å². The maximum absolute atomic E-state index is 15.2. The second-order valence-electron chi connectivity index (χ2n) is 23.9. The second kappa shape index (κ2) is 37.4. The van der Waals surface area contributed by atoms with Crippen molar-refractivity contribution in [3.05, 3.63) is 12.2 Å². The summed E-state index contributed by atoms with van der Waals surface area (Å²) >= 11 is 0. The van der Waals surface area contributed by atoms with Gasteiger partial charge in [0.2, 0.25) is 76.8 Å². The standard InChI is InChI=1S/C58H92N14O19/c1-29(2)18-13-11-9-8-10-12-14-21-40(74)64-34(24-39(60)73)51(83)70-48-33(7)63-52(84)38-20-17-23-72(38)56(88)45(30(3)4)68-55(87)47(32(6)59)67-42(76)28-62-49(81)35(25-43(77)78)65-41(75)27-61-50(82)36(26-44(79)80)66-54(86)46(31(5)58(90)91)69-53(85)37-19-15-16-22-71(37)57(48)89/h12,14,29-38,45-48H,8-11,13,15-28,59H2,1-7H3,(H2,60,73)(H,61,82)(H,62,81)(H,63,84)(H,64,74)(H,65,75)(H,66,86)(H,67,76)(H,68,87)(H,69,85)(H,70,83)(H,77,78)(H,79,80)(H,90,91)/b14-12-/t31?,32?,33-,34+,35+,36+,37-,38+,45+,46+,47-,48+/m1/s1. The number of fused-ring (bicyclic) bond motifs is 2. The lowest BCUT2D eigenvalue weighted by molar-refractivity contribution is -0.149. The van der Waals surface area contributed by atoms with Crippen molar-refractivity contribution in [3.63, 3.8) is 0 Å². The lowest BCUT2D eigenvalue weighted by Crippen LogP contribution is -2.66. The van der Waals surface area contributed by atoms with Crippen molar-refractivity contribution < 1.29 is 92.0 Å². The molecule has 2 unspecified atom stereocenters. The molecule has 3 heterocycles. The van der Waals surface area contributed by atoms with Crippen molar-refractivity contribution in [1.82, 2.24) is 63.0 Å². The summed E-state index contributed by atoms with van der Waals surface area (Å²) in [7, 11) is 0. The molecule has 0 aromatic rings. The summed E-state index contributed by atoms with van der Waals surface area (Å²) in [5.41, 5.74) is 11.7. The quantitative estimate of drug-likeness (QED) is 0.0363. The minimum Gasteiger partial charge on any atom is -0.481 e. The van der Waals surface area contributed by atoms with Gasteiger partial charge in [-0.2, -0.15) is 0 Å². The van der Waals surface area contributed by atoms with Gasteiger partial charge in [-0.05, 0) is 77.6 Å². The molecule has 12 atom stereocenters. The predicted molar refractivity (Wildman–Crippen MR) is 321 cm³/mol. The van der Waals surface area contributed by atoms with Gasteiger partial charge in [0, 0.05) is 25.6 Å². The monoisotopic (exact) mass is 1290 g/mol. The van der Waals surface area contributed by atoms with E-state index >= 15 is 4.79 Å². The van der Waals surface area contributed by atoms with E-state index < -0.39 is 205 Å². The van der Waals surface area contributed by atoms with Crippen molar-refractivity contribution in [3.8, 4) is 0 Å². The van der Waals surface area contributed by atoms with Crippen LogP contribution in [0.4, 0.5) is 0 Å². The summed E-state index contributed by atoms with van der Waals surface area (Å²) in [6.45, 7) is 8.76. The van der Waals surface area contributed by atoms with E-state index in [0.717, 1.165) is 43.9 Å². The Bertz CT molecular complexity index is 2710. The molecule has 3 fully saturated rings. The molecular formula is C58H92N14O19. The number of carboxylic acid groups (broad SMARTS) is 3. The van der Waals surface area contributed by atoms with Crippen LogP contribution in [0, 0.1) is 17.8 Å². The number of hydrogen-bond acceptors (Lipinski definition) is 17. The lowest BCUT2D eigenvalue weighted by atomic mass is 9.96. The van der Waals surface area contributed by atoms with E-state index in [1.165, 1.54) is 18.7 Å². The van der Waals surface area contributed by atoms with Gasteiger partial charge >= 0.3 is 17.9 Å². The number of aliphatic carboxylic acids is 3. The highest BCUT2D eigenvalue weighted by Crippen LogP contribution is 2.24. The number of rotatable bonds is 22. The molecule has 3 aliphatic rings. The number of hydrogen-bond donors (Lipinski definition) is 15. The van der Waals surface area contributed by atoms with Crippen molar-refractivity contribution in [1.29, 1.82) is 0 Å². The first-order valence-corrected chi connectivity index (χ1v) is 30.7. The van der Waals surface area contributed by atoms with Gasteiger partial charge in [-0.25, -0.2) is 0 Å². The van der Waals surface area contributed by atoms with E-state index in [0.29, 0.717) is 12.3 Å². The molecule has 13 amide bonds. The molecule has 0 radical (unpaired) electrons. The summed E-state index contributed by atoms with van der Waals surface area (Å²) < 4.78 is 0. The fraction of sp³-hybridized carbons (Fsp3) is 0.690. The number of nitrogens with two attached hydrogens (primary N) is 2. The number of nitrogens with one attached hydrogen (secondary N) is 10. The number of carboxylic acids is 3. The van der Waals surface area contributed by atoms with Crippen molar-refractivity contribution in [2.45, 2.75) is 211 Å². The number of carbonyl (C=O) groups is 16. The van der Waals surface area contributed by atoms with Crippen molar-refractivity contribution in [2.75, 3.05) is 26.2 Å². The van der Waals surface area contributed by atoms with Crippen LogP contribution in [0.25, 0.3) is 0 Å². The Kier molecular flexibility index (Phi) is 31.4. The Morgan fingerprint density at radius 1 is 0.604 bits per heavy atom. The van der Waals surface area contributed by atoms with Crippen LogP contribution in [0.3, 0.4) is 0 Å². The van der Waals surface area contributed by atoms with Gasteiger partial charge < -0.3 is 89.8 Å². The molecule has 0 spiro atoms. The maximum Gasteiger partial charge on any atom is 0.308 e. The van der Waals surface area contributed by atoms with Crippen LogP contribution in [0.5, 0.6) is 0 Å². The summed E-state index contributed by atoms with van der Waals surface area (Å²) in [4.78, 5) is 219. The molecule has 0 aromatic heterocycles. The van der Waals surface area contributed by atoms with Crippen molar-refractivity contribution in [2.24, 2.45) is 29.2 Å². The molecule has 33 nitrogen and oxygen atoms in total. The van der Waals surface area contributed by atoms with Gasteiger partial charge in [-0.3, -0.25) is 76.7 Å². The summed E-state index contributed by atoms with van der Waals surface area (Å²) in [6, 6.07) is -18.3. The molecule has 0 aromatic carbocycles. The van der Waals surface area contributed by atoms with Crippen LogP contribution >= 0.6 is 0 Å². The van der Waals surface area contributed by atoms with E-state index in [9.17, 15) is 87.2 Å². The van der Waals surface area contributed by atoms with Gasteiger partial charge in [0.25, 0.3) is 0 Å². The van der Waals surface area contributed by atoms with Crippen LogP contribution < -0.4 is 64.6 Å². The zero-order chi connectivity index (χ0) is 68.4. The van der Waals surface area contributed by atoms with Crippen LogP contribution in [-0.2, 0) is 76.7 Å². The second-order valence-corrected chi connectivity index (χ2v) is 23.9. The molecule has 17 N–H and O–H groups in total. The molecule has 0 bridgehead atoms. The Hall–Kier alpha value is -8.78. The Morgan fingerprint density at radius 3 is 1.69 bits per heavy atom. The number of allylic oxidation sites excluding steroid dienone is 1. The third-order valence-electron chi connectivity index (χ3n) is 15.5. The third-order valence-corrected chi connectivity index (χ3v) is 15.5. The Balaban J connectivity index is 2.17. The van der Waals surface area contributed by atoms with Gasteiger partial charge in [0.1, 0.15) is 54.4 Å². The smallest absolute Gasteiger partial charge is 0.308 e. The van der Waals surface area contributed by atoms with Gasteiger partial charge in [-0.1, -0.05) is 65.5 Å². The minimum absolute atomic E-state index is 0.0286. The van der Waals surface area contributed by atoms with Gasteiger partial charge in [-0.15, -0.1) is 0 Å². The SMILES string of the molecule is CC(C)CCCCCC/C=C\CC(=O)N[C@@H](CC(N)=O)C(=O)N[C@@H]1C(=O)N2CCCC[C@@H]2C(=O)N[C@@H](C(C)C(=O)O)C(=O)N[C@@H](CC(=O)O)C(=O)NCC(=O)N[C@@H](CC(=O)O)C(=O)NCC(=O)N[C@H](C(C)N)C(=O)N[C@@H](C(C)C)C(=O)N2CCC[C@H]2C(=O)N[C@@H]1C. The summed E-state index contributed by atoms with van der Waals surface area (Å²) in [6.07, 6.45) is 6.48. The Morgan fingerprint density at radius 2 is 1.13 bits per heavy atom. The molecule has 3 rings (SSSR count). The average molecular weight is 1290 g/mol. The van der Waals surface area contributed by atoms with E-state index in [1.807, 2.05) is 10.6 Å². The number of carbonyl (C=O) groups excluding carboxylic acids is 13. The first kappa shape index (κ1) is 76.5. The largest absolute Gasteiger partial charge is 0.481 e. The van der Waals surface area contributed by atoms with Gasteiger partial charge in [0.15, 0.2) is 0 Å². The molecule has 3 aliphatic heterocycles. The summed E-state index contributed by atoms with van der Waals surface area (Å²) in [5.74, 6) is -21.1. The molecule has 3 saturated heterocycles. The average Bonchev–Trinajstić information content (AvgIpc) is 1.87. The minimum atomic E-state index is -2.13. The fourth-order valence-electron chi connectivity index (χ4n) is 10.4. The zero-order valence-corrected chi connectivity index (χ0v) is 52.6. The number of unbranched alkanes of at least 4 members (excludes halogenated alkanes) is 4. The topological polar surface area (TPSA) is 513 Å². The highest BCUT2D eigenvalue weighted by Gasteiger charge is 2.45. The Labute approximate surface area is 526 Å². The lowest BCUT2D eigenvalue weighted by Gasteiger charge is -2.39. The molecule has 91 heavy (non-hydrogen) atoms. The number of primary amides is 1. The van der Waals surface area contributed by atoms with E-state index in [2.05, 4.69) is 56.4 Å².